The first-order valence-electron chi connectivity index (χ1n) is 6.28. The molecule has 1 fully saturated rings. The first-order valence-corrected chi connectivity index (χ1v) is 6.28. The summed E-state index contributed by atoms with van der Waals surface area (Å²) in [5.74, 6) is 2.31. The van der Waals surface area contributed by atoms with E-state index >= 15 is 0 Å². The van der Waals surface area contributed by atoms with Crippen molar-refractivity contribution in [1.29, 1.82) is 0 Å². The molecule has 0 aliphatic heterocycles. The number of hydrogen-bond acceptors (Lipinski definition) is 3. The fraction of sp³-hybridized carbons (Fsp3) is 0.846. The number of nitrogens with one attached hydrogen (secondary N) is 1. The summed E-state index contributed by atoms with van der Waals surface area (Å²) in [5, 5.41) is 12.7. The second-order valence-corrected chi connectivity index (χ2v) is 5.23. The third-order valence-electron chi connectivity index (χ3n) is 4.06. The smallest absolute Gasteiger partial charge is 0.0638 e. The lowest BCUT2D eigenvalue weighted by Gasteiger charge is -2.29. The van der Waals surface area contributed by atoms with E-state index in [1.165, 1.54) is 12.8 Å². The van der Waals surface area contributed by atoms with Crippen LogP contribution in [0, 0.1) is 17.8 Å². The Kier molecular flexibility index (Phi) is 4.00. The Labute approximate surface area is 97.9 Å². The van der Waals surface area contributed by atoms with Gasteiger partial charge in [0.25, 0.3) is 0 Å². The Balaban J connectivity index is 1.83. The molecule has 5 atom stereocenters. The van der Waals surface area contributed by atoms with Gasteiger partial charge in [0.05, 0.1) is 19.3 Å². The molecule has 1 saturated carbocycles. The number of allylic oxidation sites excluding steroid dienone is 2. The maximum Gasteiger partial charge on any atom is 0.0638 e. The lowest BCUT2D eigenvalue weighted by Crippen LogP contribution is -2.46. The van der Waals surface area contributed by atoms with Gasteiger partial charge in [-0.15, -0.1) is 0 Å². The highest BCUT2D eigenvalue weighted by Crippen LogP contribution is 2.44. The molecule has 3 nitrogen and oxygen atoms in total. The third kappa shape index (κ3) is 2.47. The van der Waals surface area contributed by atoms with Gasteiger partial charge in [0.15, 0.2) is 0 Å². The molecule has 0 aromatic heterocycles. The minimum atomic E-state index is 0.0723. The molecule has 0 aromatic rings. The average Bonchev–Trinajstić information content (AvgIpc) is 2.89. The third-order valence-corrected chi connectivity index (χ3v) is 4.06. The highest BCUT2D eigenvalue weighted by molar-refractivity contribution is 5.11. The van der Waals surface area contributed by atoms with E-state index in [4.69, 9.17) is 4.74 Å². The van der Waals surface area contributed by atoms with E-state index < -0.39 is 0 Å². The molecule has 0 radical (unpaired) electrons. The molecule has 5 unspecified atom stereocenters. The monoisotopic (exact) mass is 225 g/mol. The van der Waals surface area contributed by atoms with E-state index in [-0.39, 0.29) is 12.6 Å². The molecule has 92 valence electrons. The van der Waals surface area contributed by atoms with Crippen molar-refractivity contribution in [2.45, 2.75) is 31.8 Å². The number of hydrogen-bond donors (Lipinski definition) is 2. The van der Waals surface area contributed by atoms with Crippen LogP contribution < -0.4 is 5.32 Å². The molecule has 0 saturated heterocycles. The minimum absolute atomic E-state index is 0.0723. The quantitative estimate of drug-likeness (QED) is 0.667. The molecule has 2 aliphatic rings. The summed E-state index contributed by atoms with van der Waals surface area (Å²) >= 11 is 0. The van der Waals surface area contributed by atoms with Gasteiger partial charge >= 0.3 is 0 Å². The van der Waals surface area contributed by atoms with Crippen LogP contribution in [0.2, 0.25) is 0 Å². The molecular weight excluding hydrogens is 202 g/mol. The minimum Gasteiger partial charge on any atom is -0.395 e. The van der Waals surface area contributed by atoms with Gasteiger partial charge in [0.1, 0.15) is 0 Å². The van der Waals surface area contributed by atoms with Gasteiger partial charge in [0, 0.05) is 13.2 Å². The summed E-state index contributed by atoms with van der Waals surface area (Å²) in [6.07, 6.45) is 7.39. The van der Waals surface area contributed by atoms with Crippen LogP contribution in [0.15, 0.2) is 12.2 Å². The first kappa shape index (κ1) is 12.1. The zero-order chi connectivity index (χ0) is 11.5. The molecule has 2 rings (SSSR count). The van der Waals surface area contributed by atoms with Crippen LogP contribution in [-0.2, 0) is 4.74 Å². The van der Waals surface area contributed by atoms with E-state index in [9.17, 15) is 5.11 Å². The fourth-order valence-corrected chi connectivity index (χ4v) is 3.25. The highest BCUT2D eigenvalue weighted by Gasteiger charge is 2.38. The normalized spacial score (nSPS) is 35.6. The van der Waals surface area contributed by atoms with Crippen molar-refractivity contribution in [3.63, 3.8) is 0 Å². The summed E-state index contributed by atoms with van der Waals surface area (Å²) in [7, 11) is 1.68. The predicted octanol–water partition coefficient (Wildman–Crippen LogP) is 1.18. The number of fused-ring (bicyclic) bond motifs is 2. The number of aliphatic hydroxyl groups excluding tert-OH is 1. The van der Waals surface area contributed by atoms with Crippen molar-refractivity contribution in [3.8, 4) is 0 Å². The van der Waals surface area contributed by atoms with Crippen LogP contribution in [0.4, 0.5) is 0 Å². The highest BCUT2D eigenvalue weighted by atomic mass is 16.5. The van der Waals surface area contributed by atoms with E-state index in [1.54, 1.807) is 7.11 Å². The Bertz CT molecular complexity index is 254. The van der Waals surface area contributed by atoms with Crippen molar-refractivity contribution < 1.29 is 9.84 Å². The van der Waals surface area contributed by atoms with Gasteiger partial charge < -0.3 is 15.2 Å². The van der Waals surface area contributed by atoms with E-state index in [0.717, 1.165) is 17.8 Å². The molecule has 2 aliphatic carbocycles. The predicted molar refractivity (Wildman–Crippen MR) is 64.2 cm³/mol. The van der Waals surface area contributed by atoms with Crippen LogP contribution in [0.25, 0.3) is 0 Å². The van der Waals surface area contributed by atoms with Gasteiger partial charge in [0.2, 0.25) is 0 Å². The van der Waals surface area contributed by atoms with Gasteiger partial charge in [-0.2, -0.15) is 0 Å². The lowest BCUT2D eigenvalue weighted by molar-refractivity contribution is 0.115. The molecule has 0 aromatic carbocycles. The maximum absolute atomic E-state index is 9.22. The summed E-state index contributed by atoms with van der Waals surface area (Å²) in [5.41, 5.74) is 0. The molecule has 0 spiro atoms. The fourth-order valence-electron chi connectivity index (χ4n) is 3.25. The molecule has 2 N–H and O–H groups in total. The number of methoxy groups -OCH3 is 1. The van der Waals surface area contributed by atoms with Gasteiger partial charge in [-0.1, -0.05) is 12.2 Å². The lowest BCUT2D eigenvalue weighted by atomic mass is 9.87. The molecular formula is C13H23NO2. The molecule has 16 heavy (non-hydrogen) atoms. The summed E-state index contributed by atoms with van der Waals surface area (Å²) in [6.45, 7) is 2.96. The number of aliphatic hydroxyl groups is 1. The first-order chi connectivity index (χ1) is 7.74. The zero-order valence-electron chi connectivity index (χ0n) is 10.2. The van der Waals surface area contributed by atoms with Crippen molar-refractivity contribution in [2.75, 3.05) is 20.3 Å². The van der Waals surface area contributed by atoms with Crippen LogP contribution >= 0.6 is 0 Å². The van der Waals surface area contributed by atoms with Crippen LogP contribution in [0.1, 0.15) is 19.8 Å². The summed E-state index contributed by atoms with van der Waals surface area (Å²) in [4.78, 5) is 0. The topological polar surface area (TPSA) is 41.5 Å². The summed E-state index contributed by atoms with van der Waals surface area (Å²) in [6, 6.07) is 0.537. The van der Waals surface area contributed by atoms with Crippen molar-refractivity contribution in [1.82, 2.24) is 5.32 Å². The molecule has 0 heterocycles. The van der Waals surface area contributed by atoms with Gasteiger partial charge in [-0.25, -0.2) is 0 Å². The maximum atomic E-state index is 9.22. The van der Waals surface area contributed by atoms with Crippen molar-refractivity contribution in [3.05, 3.63) is 12.2 Å². The second-order valence-electron chi connectivity index (χ2n) is 5.23. The molecule has 2 bridgehead atoms. The van der Waals surface area contributed by atoms with Crippen molar-refractivity contribution >= 4 is 0 Å². The van der Waals surface area contributed by atoms with Gasteiger partial charge in [-0.05, 0) is 37.5 Å². The number of ether oxygens (including phenoxy) is 1. The molecule has 0 amide bonds. The van der Waals surface area contributed by atoms with Crippen molar-refractivity contribution in [2.24, 2.45) is 17.8 Å². The Morgan fingerprint density at radius 3 is 2.75 bits per heavy atom. The van der Waals surface area contributed by atoms with Crippen LogP contribution in [-0.4, -0.2) is 37.5 Å². The number of rotatable bonds is 6. The molecule has 3 heteroatoms. The average molecular weight is 225 g/mol. The second kappa shape index (κ2) is 5.30. The standard InChI is InChI=1S/C13H23NO2/c1-9(14-12(7-15)8-16-2)13-6-10-3-4-11(13)5-10/h3-4,9-15H,5-8H2,1-2H3. The van der Waals surface area contributed by atoms with E-state index in [2.05, 4.69) is 24.4 Å². The van der Waals surface area contributed by atoms with Crippen LogP contribution in [0.5, 0.6) is 0 Å². The SMILES string of the molecule is COCC(CO)NC(C)C1CC2C=CC1C2. The Morgan fingerprint density at radius 1 is 1.44 bits per heavy atom. The van der Waals surface area contributed by atoms with E-state index in [1.807, 2.05) is 0 Å². The summed E-state index contributed by atoms with van der Waals surface area (Å²) < 4.78 is 5.08. The van der Waals surface area contributed by atoms with E-state index in [0.29, 0.717) is 12.6 Å². The van der Waals surface area contributed by atoms with Crippen LogP contribution in [0.3, 0.4) is 0 Å². The zero-order valence-corrected chi connectivity index (χ0v) is 10.2. The Morgan fingerprint density at radius 2 is 2.25 bits per heavy atom. The largest absolute Gasteiger partial charge is 0.395 e. The van der Waals surface area contributed by atoms with Gasteiger partial charge in [-0.3, -0.25) is 0 Å². The Hall–Kier alpha value is -0.380.